The third-order valence-corrected chi connectivity index (χ3v) is 3.45. The molecule has 0 atom stereocenters. The number of carbonyl (C=O) groups is 3. The Kier molecular flexibility index (Phi) is 5.05. The summed E-state index contributed by atoms with van der Waals surface area (Å²) in [5.41, 5.74) is 12.5. The van der Waals surface area contributed by atoms with Gasteiger partial charge < -0.3 is 16.8 Å². The molecule has 0 saturated heterocycles. The summed E-state index contributed by atoms with van der Waals surface area (Å²) in [6.45, 7) is 1.18. The second-order valence-corrected chi connectivity index (χ2v) is 5.35. The molecule has 0 radical (unpaired) electrons. The maximum Gasteiger partial charge on any atom is 0.323 e. The molecule has 0 unspecified atom stereocenters. The van der Waals surface area contributed by atoms with Gasteiger partial charge in [0.2, 0.25) is 5.91 Å². The van der Waals surface area contributed by atoms with Crippen LogP contribution in [0.5, 0.6) is 0 Å². The smallest absolute Gasteiger partial charge is 0.323 e. The van der Waals surface area contributed by atoms with Gasteiger partial charge in [0, 0.05) is 18.3 Å². The summed E-state index contributed by atoms with van der Waals surface area (Å²) in [6.07, 6.45) is 0. The van der Waals surface area contributed by atoms with E-state index in [-0.39, 0.29) is 16.4 Å². The molecule has 0 aliphatic heterocycles. The van der Waals surface area contributed by atoms with E-state index in [1.807, 2.05) is 0 Å². The zero-order valence-corrected chi connectivity index (χ0v) is 13.5. The number of hydrogen-bond donors (Lipinski definition) is 3. The summed E-state index contributed by atoms with van der Waals surface area (Å²) >= 11 is 5.86. The lowest BCUT2D eigenvalue weighted by atomic mass is 10.2. The molecular formula is C16H15ClN4O3. The Morgan fingerprint density at radius 1 is 1.04 bits per heavy atom. The maximum atomic E-state index is 12.3. The van der Waals surface area contributed by atoms with Crippen LogP contribution in [0.15, 0.2) is 42.5 Å². The lowest BCUT2D eigenvalue weighted by molar-refractivity contribution is -0.136. The normalized spacial score (nSPS) is 10.1. The minimum atomic E-state index is -1.03. The Hall–Kier alpha value is -3.06. The first-order valence-electron chi connectivity index (χ1n) is 6.86. The standard InChI is InChI=1S/C16H15ClN4O3/c1-9(22)21(12-5-2-10(18)3-6-12)16(24)15(23)20-11-4-7-14(19)13(17)8-11/h2-8H,18-19H2,1H3,(H,20,23). The van der Waals surface area contributed by atoms with E-state index >= 15 is 0 Å². The first-order valence-corrected chi connectivity index (χ1v) is 7.24. The topological polar surface area (TPSA) is 119 Å². The van der Waals surface area contributed by atoms with Gasteiger partial charge in [0.15, 0.2) is 0 Å². The molecule has 124 valence electrons. The van der Waals surface area contributed by atoms with E-state index in [0.29, 0.717) is 11.4 Å². The minimum Gasteiger partial charge on any atom is -0.399 e. The van der Waals surface area contributed by atoms with Crippen LogP contribution in [0.2, 0.25) is 5.02 Å². The second-order valence-electron chi connectivity index (χ2n) is 4.94. The number of nitrogen functional groups attached to an aromatic ring is 2. The van der Waals surface area contributed by atoms with Crippen molar-refractivity contribution in [2.45, 2.75) is 6.92 Å². The third-order valence-electron chi connectivity index (χ3n) is 3.12. The third kappa shape index (κ3) is 3.82. The molecule has 0 fully saturated rings. The minimum absolute atomic E-state index is 0.238. The summed E-state index contributed by atoms with van der Waals surface area (Å²) in [7, 11) is 0. The lowest BCUT2D eigenvalue weighted by Gasteiger charge is -2.19. The highest BCUT2D eigenvalue weighted by Gasteiger charge is 2.27. The molecular weight excluding hydrogens is 332 g/mol. The van der Waals surface area contributed by atoms with Gasteiger partial charge in [-0.2, -0.15) is 0 Å². The number of nitrogens with zero attached hydrogens (tertiary/aromatic N) is 1. The van der Waals surface area contributed by atoms with Gasteiger partial charge in [0.25, 0.3) is 0 Å². The fraction of sp³-hybridized carbons (Fsp3) is 0.0625. The number of carbonyl (C=O) groups excluding carboxylic acids is 3. The molecule has 0 spiro atoms. The van der Waals surface area contributed by atoms with E-state index in [9.17, 15) is 14.4 Å². The van der Waals surface area contributed by atoms with E-state index in [1.165, 1.54) is 49.4 Å². The summed E-state index contributed by atoms with van der Waals surface area (Å²) in [5.74, 6) is -2.61. The molecule has 0 aliphatic rings. The molecule has 0 bridgehead atoms. The van der Waals surface area contributed by atoms with Gasteiger partial charge in [-0.05, 0) is 42.5 Å². The number of anilines is 4. The maximum absolute atomic E-state index is 12.3. The molecule has 7 nitrogen and oxygen atoms in total. The molecule has 3 amide bonds. The number of nitrogens with one attached hydrogen (secondary N) is 1. The predicted octanol–water partition coefficient (Wildman–Crippen LogP) is 2.02. The zero-order valence-electron chi connectivity index (χ0n) is 12.7. The van der Waals surface area contributed by atoms with Gasteiger partial charge >= 0.3 is 11.8 Å². The van der Waals surface area contributed by atoms with Crippen molar-refractivity contribution in [3.63, 3.8) is 0 Å². The molecule has 2 rings (SSSR count). The van der Waals surface area contributed by atoms with Gasteiger partial charge in [-0.25, -0.2) is 4.90 Å². The predicted molar refractivity (Wildman–Crippen MR) is 93.5 cm³/mol. The Morgan fingerprint density at radius 3 is 2.21 bits per heavy atom. The van der Waals surface area contributed by atoms with Crippen molar-refractivity contribution in [2.75, 3.05) is 21.7 Å². The van der Waals surface area contributed by atoms with Crippen LogP contribution in [-0.2, 0) is 14.4 Å². The van der Waals surface area contributed by atoms with Crippen LogP contribution in [0.1, 0.15) is 6.92 Å². The van der Waals surface area contributed by atoms with Gasteiger partial charge in [-0.15, -0.1) is 0 Å². The molecule has 2 aromatic carbocycles. The summed E-state index contributed by atoms with van der Waals surface area (Å²) < 4.78 is 0. The van der Waals surface area contributed by atoms with Gasteiger partial charge in [0.05, 0.1) is 16.4 Å². The molecule has 0 heterocycles. The van der Waals surface area contributed by atoms with Crippen molar-refractivity contribution in [3.05, 3.63) is 47.5 Å². The average molecular weight is 347 g/mol. The van der Waals surface area contributed by atoms with Crippen molar-refractivity contribution in [3.8, 4) is 0 Å². The van der Waals surface area contributed by atoms with Crippen LogP contribution in [-0.4, -0.2) is 17.7 Å². The molecule has 24 heavy (non-hydrogen) atoms. The number of imide groups is 1. The molecule has 0 aliphatic carbocycles. The van der Waals surface area contributed by atoms with Crippen LogP contribution in [0.25, 0.3) is 0 Å². The number of benzene rings is 2. The number of hydrogen-bond acceptors (Lipinski definition) is 5. The average Bonchev–Trinajstić information content (AvgIpc) is 2.52. The van der Waals surface area contributed by atoms with Gasteiger partial charge in [-0.1, -0.05) is 11.6 Å². The van der Waals surface area contributed by atoms with Gasteiger partial charge in [-0.3, -0.25) is 14.4 Å². The van der Waals surface area contributed by atoms with Crippen LogP contribution >= 0.6 is 11.6 Å². The molecule has 5 N–H and O–H groups in total. The quantitative estimate of drug-likeness (QED) is 0.568. The summed E-state index contributed by atoms with van der Waals surface area (Å²) in [5, 5.41) is 2.62. The lowest BCUT2D eigenvalue weighted by Crippen LogP contribution is -2.42. The first-order chi connectivity index (χ1) is 11.3. The fourth-order valence-electron chi connectivity index (χ4n) is 1.96. The zero-order chi connectivity index (χ0) is 17.9. The van der Waals surface area contributed by atoms with Crippen molar-refractivity contribution < 1.29 is 14.4 Å². The first kappa shape index (κ1) is 17.3. The van der Waals surface area contributed by atoms with Crippen LogP contribution in [0.4, 0.5) is 22.7 Å². The van der Waals surface area contributed by atoms with Crippen molar-refractivity contribution in [1.82, 2.24) is 0 Å². The highest BCUT2D eigenvalue weighted by atomic mass is 35.5. The fourth-order valence-corrected chi connectivity index (χ4v) is 2.14. The van der Waals surface area contributed by atoms with Crippen LogP contribution in [0.3, 0.4) is 0 Å². The number of halogens is 1. The van der Waals surface area contributed by atoms with Crippen molar-refractivity contribution >= 4 is 52.1 Å². The SMILES string of the molecule is CC(=O)N(C(=O)C(=O)Nc1ccc(N)c(Cl)c1)c1ccc(N)cc1. The van der Waals surface area contributed by atoms with E-state index in [1.54, 1.807) is 0 Å². The van der Waals surface area contributed by atoms with Crippen LogP contribution < -0.4 is 21.7 Å². The second kappa shape index (κ2) is 7.01. The number of amides is 3. The molecule has 0 saturated carbocycles. The number of rotatable bonds is 2. The Labute approximate surface area is 143 Å². The molecule has 0 aromatic heterocycles. The van der Waals surface area contributed by atoms with Crippen molar-refractivity contribution in [1.29, 1.82) is 0 Å². The van der Waals surface area contributed by atoms with Crippen LogP contribution in [0, 0.1) is 0 Å². The Balaban J connectivity index is 2.22. The monoisotopic (exact) mass is 346 g/mol. The van der Waals surface area contributed by atoms with Crippen molar-refractivity contribution in [2.24, 2.45) is 0 Å². The van der Waals surface area contributed by atoms with E-state index in [2.05, 4.69) is 5.32 Å². The number of nitrogens with two attached hydrogens (primary N) is 2. The molecule has 8 heteroatoms. The van der Waals surface area contributed by atoms with E-state index < -0.39 is 17.7 Å². The highest BCUT2D eigenvalue weighted by molar-refractivity contribution is 6.48. The molecule has 2 aromatic rings. The summed E-state index contributed by atoms with van der Waals surface area (Å²) in [4.78, 5) is 37.0. The largest absolute Gasteiger partial charge is 0.399 e. The Bertz CT molecular complexity index is 805. The summed E-state index contributed by atoms with van der Waals surface area (Å²) in [6, 6.07) is 10.4. The van der Waals surface area contributed by atoms with Gasteiger partial charge in [0.1, 0.15) is 0 Å². The highest BCUT2D eigenvalue weighted by Crippen LogP contribution is 2.23. The Morgan fingerprint density at radius 2 is 1.67 bits per heavy atom. The van der Waals surface area contributed by atoms with E-state index in [0.717, 1.165) is 4.90 Å². The van der Waals surface area contributed by atoms with E-state index in [4.69, 9.17) is 23.1 Å².